The van der Waals surface area contributed by atoms with Crippen molar-refractivity contribution >= 4 is 21.7 Å². The lowest BCUT2D eigenvalue weighted by Crippen LogP contribution is -2.18. The summed E-state index contributed by atoms with van der Waals surface area (Å²) in [5, 5.41) is 4.26. The van der Waals surface area contributed by atoms with Crippen molar-refractivity contribution < 1.29 is 4.79 Å². The summed E-state index contributed by atoms with van der Waals surface area (Å²) in [5.74, 6) is 0.473. The fourth-order valence-corrected chi connectivity index (χ4v) is 2.81. The van der Waals surface area contributed by atoms with Crippen LogP contribution in [0.4, 0.5) is 0 Å². The van der Waals surface area contributed by atoms with E-state index in [0.717, 1.165) is 23.0 Å². The zero-order valence-electron chi connectivity index (χ0n) is 9.74. The van der Waals surface area contributed by atoms with Crippen LogP contribution in [0.1, 0.15) is 56.1 Å². The topological polar surface area (TPSA) is 34.9 Å². The maximum absolute atomic E-state index is 12.4. The number of rotatable bonds is 3. The molecule has 1 saturated carbocycles. The summed E-state index contributed by atoms with van der Waals surface area (Å²) in [4.78, 5) is 12.4. The van der Waals surface area contributed by atoms with Crippen LogP contribution in [0.15, 0.2) is 10.7 Å². The minimum Gasteiger partial charge on any atom is -0.292 e. The summed E-state index contributed by atoms with van der Waals surface area (Å²) in [6.07, 6.45) is 6.17. The van der Waals surface area contributed by atoms with E-state index in [9.17, 15) is 4.79 Å². The first-order chi connectivity index (χ1) is 7.61. The van der Waals surface area contributed by atoms with Gasteiger partial charge in [0.1, 0.15) is 5.69 Å². The van der Waals surface area contributed by atoms with E-state index in [2.05, 4.69) is 21.0 Å². The van der Waals surface area contributed by atoms with E-state index in [4.69, 9.17) is 0 Å². The van der Waals surface area contributed by atoms with Crippen LogP contribution in [0.2, 0.25) is 0 Å². The van der Waals surface area contributed by atoms with Crippen molar-refractivity contribution in [2.45, 2.75) is 45.6 Å². The first-order valence-electron chi connectivity index (χ1n) is 5.88. The van der Waals surface area contributed by atoms with Crippen LogP contribution in [0.3, 0.4) is 0 Å². The minimum absolute atomic E-state index is 0.213. The van der Waals surface area contributed by atoms with Gasteiger partial charge in [-0.25, -0.2) is 0 Å². The Morgan fingerprint density at radius 3 is 2.69 bits per heavy atom. The molecule has 1 aromatic rings. The van der Waals surface area contributed by atoms with E-state index in [1.807, 2.05) is 18.5 Å². The maximum Gasteiger partial charge on any atom is 0.185 e. The molecule has 3 nitrogen and oxygen atoms in total. The molecule has 1 heterocycles. The largest absolute Gasteiger partial charge is 0.292 e. The summed E-state index contributed by atoms with van der Waals surface area (Å²) in [5.41, 5.74) is 0.752. The molecule has 0 amide bonds. The molecule has 0 unspecified atom stereocenters. The second-order valence-corrected chi connectivity index (χ2v) is 5.58. The SMILES string of the molecule is CC(C)n1ncc(Br)c1C(=O)C1CCCC1. The van der Waals surface area contributed by atoms with Gasteiger partial charge in [-0.05, 0) is 42.6 Å². The standard InChI is InChI=1S/C12H17BrN2O/c1-8(2)15-11(10(13)7-14-15)12(16)9-5-3-4-6-9/h7-9H,3-6H2,1-2H3. The fourth-order valence-electron chi connectivity index (χ4n) is 2.34. The van der Waals surface area contributed by atoms with Gasteiger partial charge in [-0.2, -0.15) is 5.10 Å². The Morgan fingerprint density at radius 1 is 1.50 bits per heavy atom. The van der Waals surface area contributed by atoms with Gasteiger partial charge in [0.2, 0.25) is 0 Å². The Morgan fingerprint density at radius 2 is 2.12 bits per heavy atom. The summed E-state index contributed by atoms with van der Waals surface area (Å²) in [6, 6.07) is 0.228. The van der Waals surface area contributed by atoms with Crippen molar-refractivity contribution in [2.24, 2.45) is 5.92 Å². The van der Waals surface area contributed by atoms with Crippen LogP contribution in [-0.2, 0) is 0 Å². The summed E-state index contributed by atoms with van der Waals surface area (Å²) >= 11 is 3.43. The average Bonchev–Trinajstić information content (AvgIpc) is 2.84. The molecule has 88 valence electrons. The highest BCUT2D eigenvalue weighted by Crippen LogP contribution is 2.31. The maximum atomic E-state index is 12.4. The van der Waals surface area contributed by atoms with Gasteiger partial charge < -0.3 is 0 Å². The van der Waals surface area contributed by atoms with Crippen molar-refractivity contribution in [3.8, 4) is 0 Å². The molecule has 0 radical (unpaired) electrons. The average molecular weight is 285 g/mol. The van der Waals surface area contributed by atoms with Crippen LogP contribution >= 0.6 is 15.9 Å². The quantitative estimate of drug-likeness (QED) is 0.795. The molecule has 1 fully saturated rings. The highest BCUT2D eigenvalue weighted by molar-refractivity contribution is 9.10. The summed E-state index contributed by atoms with van der Waals surface area (Å²) < 4.78 is 2.66. The van der Waals surface area contributed by atoms with Crippen LogP contribution < -0.4 is 0 Å². The van der Waals surface area contributed by atoms with Crippen molar-refractivity contribution in [1.82, 2.24) is 9.78 Å². The van der Waals surface area contributed by atoms with Crippen LogP contribution in [0.25, 0.3) is 0 Å². The van der Waals surface area contributed by atoms with Crippen LogP contribution in [0.5, 0.6) is 0 Å². The van der Waals surface area contributed by atoms with Gasteiger partial charge in [-0.15, -0.1) is 0 Å². The smallest absolute Gasteiger partial charge is 0.185 e. The number of ketones is 1. The first-order valence-corrected chi connectivity index (χ1v) is 6.67. The van der Waals surface area contributed by atoms with Gasteiger partial charge in [0.15, 0.2) is 5.78 Å². The molecular weight excluding hydrogens is 268 g/mol. The molecule has 1 aromatic heterocycles. The van der Waals surface area contributed by atoms with Crippen molar-refractivity contribution in [2.75, 3.05) is 0 Å². The van der Waals surface area contributed by atoms with E-state index >= 15 is 0 Å². The Bertz CT molecular complexity index is 392. The molecule has 0 saturated heterocycles. The van der Waals surface area contributed by atoms with E-state index < -0.39 is 0 Å². The molecule has 16 heavy (non-hydrogen) atoms. The van der Waals surface area contributed by atoms with Gasteiger partial charge in [0.05, 0.1) is 10.7 Å². The van der Waals surface area contributed by atoms with Gasteiger partial charge in [-0.1, -0.05) is 12.8 Å². The number of hydrogen-bond donors (Lipinski definition) is 0. The number of hydrogen-bond acceptors (Lipinski definition) is 2. The predicted octanol–water partition coefficient (Wildman–Crippen LogP) is 3.60. The second kappa shape index (κ2) is 4.70. The molecule has 2 rings (SSSR count). The van der Waals surface area contributed by atoms with Crippen molar-refractivity contribution in [3.05, 3.63) is 16.4 Å². The molecule has 0 atom stereocenters. The Kier molecular flexibility index (Phi) is 3.47. The molecule has 0 N–H and O–H groups in total. The molecule has 0 aliphatic heterocycles. The van der Waals surface area contributed by atoms with Gasteiger partial charge in [0.25, 0.3) is 0 Å². The second-order valence-electron chi connectivity index (χ2n) is 4.73. The predicted molar refractivity (Wildman–Crippen MR) is 66.6 cm³/mol. The van der Waals surface area contributed by atoms with E-state index in [0.29, 0.717) is 0 Å². The number of nitrogens with zero attached hydrogens (tertiary/aromatic N) is 2. The minimum atomic E-state index is 0.213. The molecule has 0 spiro atoms. The van der Waals surface area contributed by atoms with E-state index in [1.165, 1.54) is 12.8 Å². The summed E-state index contributed by atoms with van der Waals surface area (Å²) in [6.45, 7) is 4.09. The fraction of sp³-hybridized carbons (Fsp3) is 0.667. The lowest BCUT2D eigenvalue weighted by atomic mass is 10.00. The van der Waals surface area contributed by atoms with Crippen LogP contribution in [0, 0.1) is 5.92 Å². The molecular formula is C12H17BrN2O. The van der Waals surface area contributed by atoms with Gasteiger partial charge >= 0.3 is 0 Å². The van der Waals surface area contributed by atoms with Gasteiger partial charge in [-0.3, -0.25) is 9.48 Å². The molecule has 4 heteroatoms. The Hall–Kier alpha value is -0.640. The normalized spacial score (nSPS) is 17.2. The molecule has 0 aromatic carbocycles. The Balaban J connectivity index is 2.31. The number of Topliss-reactive ketones (excluding diaryl/α,β-unsaturated/α-hetero) is 1. The lowest BCUT2D eigenvalue weighted by molar-refractivity contribution is 0.0909. The van der Waals surface area contributed by atoms with Crippen molar-refractivity contribution in [1.29, 1.82) is 0 Å². The van der Waals surface area contributed by atoms with E-state index in [-0.39, 0.29) is 17.7 Å². The zero-order chi connectivity index (χ0) is 11.7. The summed E-state index contributed by atoms with van der Waals surface area (Å²) in [7, 11) is 0. The molecule has 1 aliphatic rings. The number of aromatic nitrogens is 2. The monoisotopic (exact) mass is 284 g/mol. The lowest BCUT2D eigenvalue weighted by Gasteiger charge is -2.13. The van der Waals surface area contributed by atoms with Gasteiger partial charge in [0, 0.05) is 12.0 Å². The Labute approximate surface area is 104 Å². The first kappa shape index (κ1) is 11.8. The number of carbonyl (C=O) groups is 1. The van der Waals surface area contributed by atoms with Crippen LogP contribution in [-0.4, -0.2) is 15.6 Å². The third-order valence-corrected chi connectivity index (χ3v) is 3.78. The number of halogens is 1. The highest BCUT2D eigenvalue weighted by Gasteiger charge is 2.28. The number of carbonyl (C=O) groups excluding carboxylic acids is 1. The molecule has 1 aliphatic carbocycles. The third-order valence-electron chi connectivity index (χ3n) is 3.20. The third kappa shape index (κ3) is 2.08. The zero-order valence-corrected chi connectivity index (χ0v) is 11.3. The highest BCUT2D eigenvalue weighted by atomic mass is 79.9. The molecule has 0 bridgehead atoms. The van der Waals surface area contributed by atoms with Crippen molar-refractivity contribution in [3.63, 3.8) is 0 Å². The van der Waals surface area contributed by atoms with E-state index in [1.54, 1.807) is 6.20 Å².